The highest BCUT2D eigenvalue weighted by atomic mass is 16.3. The molecule has 8 heteroatoms. The van der Waals surface area contributed by atoms with E-state index >= 15 is 0 Å². The zero-order valence-electron chi connectivity index (χ0n) is 16.3. The van der Waals surface area contributed by atoms with E-state index in [4.69, 9.17) is 4.42 Å². The van der Waals surface area contributed by atoms with Crippen molar-refractivity contribution in [3.05, 3.63) is 59.7 Å². The molecule has 3 N–H and O–H groups in total. The fourth-order valence-corrected chi connectivity index (χ4v) is 4.42. The average Bonchev–Trinajstić information content (AvgIpc) is 3.44. The Labute approximate surface area is 172 Å². The first-order chi connectivity index (χ1) is 14.6. The molecule has 2 aliphatic rings. The molecule has 5 rings (SSSR count). The smallest absolute Gasteiger partial charge is 0.325 e. The summed E-state index contributed by atoms with van der Waals surface area (Å²) in [5.74, 6) is -0.163. The van der Waals surface area contributed by atoms with Crippen LogP contribution in [-0.4, -0.2) is 33.8 Å². The van der Waals surface area contributed by atoms with Crippen LogP contribution in [0.2, 0.25) is 0 Å². The van der Waals surface area contributed by atoms with Crippen LogP contribution < -0.4 is 10.6 Å². The van der Waals surface area contributed by atoms with Crippen LogP contribution in [0.1, 0.15) is 42.3 Å². The van der Waals surface area contributed by atoms with Gasteiger partial charge in [-0.2, -0.15) is 0 Å². The number of aryl methyl sites for hydroxylation is 1. The number of carbonyl (C=O) groups excluding carboxylic acids is 3. The van der Waals surface area contributed by atoms with Crippen molar-refractivity contribution in [2.75, 3.05) is 0 Å². The van der Waals surface area contributed by atoms with Crippen molar-refractivity contribution in [2.24, 2.45) is 0 Å². The predicted molar refractivity (Wildman–Crippen MR) is 108 cm³/mol. The molecule has 0 unspecified atom stereocenters. The van der Waals surface area contributed by atoms with Crippen molar-refractivity contribution >= 4 is 28.7 Å². The number of nitrogens with one attached hydrogen (secondary N) is 3. The third-order valence-corrected chi connectivity index (χ3v) is 5.84. The first-order valence-electron chi connectivity index (χ1n) is 10.1. The number of urea groups is 1. The number of rotatable bonds is 5. The summed E-state index contributed by atoms with van der Waals surface area (Å²) in [5, 5.41) is 6.84. The second-order valence-electron chi connectivity index (χ2n) is 7.79. The lowest BCUT2D eigenvalue weighted by Crippen LogP contribution is -2.38. The Hall–Kier alpha value is -3.55. The summed E-state index contributed by atoms with van der Waals surface area (Å²) >= 11 is 0. The molecule has 2 atom stereocenters. The lowest BCUT2D eigenvalue weighted by atomic mass is 9.91. The number of nitrogens with zero attached hydrogens (tertiary/aromatic N) is 1. The number of fused-ring (bicyclic) bond motifs is 3. The van der Waals surface area contributed by atoms with Gasteiger partial charge in [-0.15, -0.1) is 0 Å². The molecule has 1 saturated heterocycles. The third-order valence-electron chi connectivity index (χ3n) is 5.84. The Morgan fingerprint density at radius 1 is 1.20 bits per heavy atom. The van der Waals surface area contributed by atoms with Crippen LogP contribution in [0.5, 0.6) is 0 Å². The first kappa shape index (κ1) is 18.5. The Morgan fingerprint density at radius 3 is 2.90 bits per heavy atom. The number of carbonyl (C=O) groups is 3. The van der Waals surface area contributed by atoms with Crippen molar-refractivity contribution in [1.29, 1.82) is 0 Å². The SMILES string of the molecule is O=C(C[C@@H]1NC(=O)N(Cc2ccco2)C1=O)N[C@@H]1CCCc2c1[nH]c1ccccc21. The van der Waals surface area contributed by atoms with Crippen molar-refractivity contribution in [3.8, 4) is 0 Å². The quantitative estimate of drug-likeness (QED) is 0.566. The summed E-state index contributed by atoms with van der Waals surface area (Å²) in [6, 6.07) is 10.0. The van der Waals surface area contributed by atoms with Crippen molar-refractivity contribution in [2.45, 2.75) is 44.3 Å². The molecule has 0 bridgehead atoms. The molecule has 154 valence electrons. The number of aromatic amines is 1. The molecule has 0 saturated carbocycles. The summed E-state index contributed by atoms with van der Waals surface area (Å²) in [5.41, 5.74) is 3.35. The molecule has 3 aromatic rings. The fraction of sp³-hybridized carbons (Fsp3) is 0.318. The van der Waals surface area contributed by atoms with Gasteiger partial charge >= 0.3 is 6.03 Å². The molecule has 1 aromatic carbocycles. The van der Waals surface area contributed by atoms with E-state index in [1.165, 1.54) is 17.2 Å². The maximum Gasteiger partial charge on any atom is 0.325 e. The highest BCUT2D eigenvalue weighted by molar-refractivity contribution is 6.05. The normalized spacial score (nSPS) is 21.0. The molecule has 4 amide bonds. The van der Waals surface area contributed by atoms with Gasteiger partial charge in [0.25, 0.3) is 5.91 Å². The van der Waals surface area contributed by atoms with Crippen molar-refractivity contribution in [1.82, 2.24) is 20.5 Å². The minimum Gasteiger partial charge on any atom is -0.467 e. The Balaban J connectivity index is 1.26. The van der Waals surface area contributed by atoms with Crippen LogP contribution in [0.25, 0.3) is 10.9 Å². The van der Waals surface area contributed by atoms with Gasteiger partial charge in [0.1, 0.15) is 11.8 Å². The van der Waals surface area contributed by atoms with E-state index in [1.54, 1.807) is 12.1 Å². The van der Waals surface area contributed by atoms with Crippen molar-refractivity contribution < 1.29 is 18.8 Å². The van der Waals surface area contributed by atoms with E-state index in [0.717, 1.165) is 35.4 Å². The standard InChI is InChI=1S/C22H22N4O4/c27-19(11-18-21(28)26(22(29)25-18)12-13-5-4-10-30-13)23-17-9-3-7-15-14-6-1-2-8-16(14)24-20(15)17/h1-2,4-6,8,10,17-18,24H,3,7,9,11-12H2,(H,23,27)(H,25,29)/t17-,18+/m1/s1. The molecular formula is C22H22N4O4. The molecule has 1 aliphatic carbocycles. The third kappa shape index (κ3) is 3.24. The molecule has 3 heterocycles. The van der Waals surface area contributed by atoms with Crippen LogP contribution in [0.3, 0.4) is 0 Å². The Bertz CT molecular complexity index is 1120. The molecule has 0 radical (unpaired) electrons. The Morgan fingerprint density at radius 2 is 2.07 bits per heavy atom. The summed E-state index contributed by atoms with van der Waals surface area (Å²) < 4.78 is 5.21. The van der Waals surface area contributed by atoms with Gasteiger partial charge in [-0.1, -0.05) is 18.2 Å². The number of para-hydroxylation sites is 1. The van der Waals surface area contributed by atoms with Crippen molar-refractivity contribution in [3.63, 3.8) is 0 Å². The molecule has 8 nitrogen and oxygen atoms in total. The number of H-pyrrole nitrogens is 1. The van der Waals surface area contributed by atoms with Gasteiger partial charge in [0.2, 0.25) is 5.91 Å². The minimum atomic E-state index is -0.863. The van der Waals surface area contributed by atoms with Crippen LogP contribution in [0.4, 0.5) is 4.79 Å². The first-order valence-corrected chi connectivity index (χ1v) is 10.1. The van der Waals surface area contributed by atoms with Gasteiger partial charge in [-0.05, 0) is 43.0 Å². The molecular weight excluding hydrogens is 384 g/mol. The van der Waals surface area contributed by atoms with Gasteiger partial charge in [-0.3, -0.25) is 14.5 Å². The monoisotopic (exact) mass is 406 g/mol. The van der Waals surface area contributed by atoms with Crippen LogP contribution in [-0.2, 0) is 22.6 Å². The predicted octanol–water partition coefficient (Wildman–Crippen LogP) is 2.77. The topological polar surface area (TPSA) is 107 Å². The summed E-state index contributed by atoms with van der Waals surface area (Å²) in [6.45, 7) is 0.0524. The average molecular weight is 406 g/mol. The number of benzene rings is 1. The molecule has 2 aromatic heterocycles. The molecule has 30 heavy (non-hydrogen) atoms. The van der Waals surface area contributed by atoms with Crippen LogP contribution in [0, 0.1) is 0 Å². The lowest BCUT2D eigenvalue weighted by Gasteiger charge is -2.24. The summed E-state index contributed by atoms with van der Waals surface area (Å²) in [4.78, 5) is 42.0. The second-order valence-corrected chi connectivity index (χ2v) is 7.79. The largest absolute Gasteiger partial charge is 0.467 e. The van der Waals surface area contributed by atoms with E-state index in [9.17, 15) is 14.4 Å². The highest BCUT2D eigenvalue weighted by Crippen LogP contribution is 2.34. The molecule has 1 fully saturated rings. The maximum atomic E-state index is 12.7. The van der Waals surface area contributed by atoms with E-state index in [2.05, 4.69) is 21.7 Å². The Kier molecular flexibility index (Phi) is 4.54. The fourth-order valence-electron chi connectivity index (χ4n) is 4.42. The van der Waals surface area contributed by atoms with Gasteiger partial charge < -0.3 is 20.0 Å². The number of hydrogen-bond donors (Lipinski definition) is 3. The number of hydrogen-bond acceptors (Lipinski definition) is 4. The number of amides is 4. The molecule has 1 aliphatic heterocycles. The lowest BCUT2D eigenvalue weighted by molar-refractivity contribution is -0.131. The minimum absolute atomic E-state index is 0.0524. The van der Waals surface area contributed by atoms with E-state index < -0.39 is 18.0 Å². The maximum absolute atomic E-state index is 12.7. The van der Waals surface area contributed by atoms with Crippen LogP contribution >= 0.6 is 0 Å². The highest BCUT2D eigenvalue weighted by Gasteiger charge is 2.39. The van der Waals surface area contributed by atoms with E-state index in [0.29, 0.717) is 5.76 Å². The summed E-state index contributed by atoms with van der Waals surface area (Å²) in [7, 11) is 0. The molecule has 0 spiro atoms. The number of imide groups is 1. The summed E-state index contributed by atoms with van der Waals surface area (Å²) in [6.07, 6.45) is 4.19. The zero-order chi connectivity index (χ0) is 20.7. The second kappa shape index (κ2) is 7.37. The number of furan rings is 1. The van der Waals surface area contributed by atoms with E-state index in [1.807, 2.05) is 18.2 Å². The van der Waals surface area contributed by atoms with Crippen LogP contribution in [0.15, 0.2) is 47.1 Å². The van der Waals surface area contributed by atoms with Gasteiger partial charge in [0.15, 0.2) is 0 Å². The van der Waals surface area contributed by atoms with Gasteiger partial charge in [0.05, 0.1) is 25.3 Å². The van der Waals surface area contributed by atoms with E-state index in [-0.39, 0.29) is 24.9 Å². The van der Waals surface area contributed by atoms with Gasteiger partial charge in [0, 0.05) is 16.6 Å². The zero-order valence-corrected chi connectivity index (χ0v) is 16.3. The van der Waals surface area contributed by atoms with Gasteiger partial charge in [-0.25, -0.2) is 4.79 Å². The number of aromatic nitrogens is 1.